The van der Waals surface area contributed by atoms with Crippen LogP contribution in [0.1, 0.15) is 0 Å². The third kappa shape index (κ3) is 3.86. The Morgan fingerprint density at radius 2 is 1.70 bits per heavy atom. The van der Waals surface area contributed by atoms with Crippen molar-refractivity contribution in [2.75, 3.05) is 38.2 Å². The molecule has 144 valence electrons. The lowest BCUT2D eigenvalue weighted by atomic mass is 10.2. The van der Waals surface area contributed by atoms with Crippen LogP contribution in [0.5, 0.6) is 5.75 Å². The molecule has 3 rings (SSSR count). The Hall–Kier alpha value is -2.72. The average Bonchev–Trinajstić information content (AvgIpc) is 2.68. The summed E-state index contributed by atoms with van der Waals surface area (Å²) in [6, 6.07) is 9.23. The van der Waals surface area contributed by atoms with Gasteiger partial charge in [-0.3, -0.25) is 10.1 Å². The monoisotopic (exact) mass is 395 g/mol. The molecule has 1 aliphatic heterocycles. The summed E-state index contributed by atoms with van der Waals surface area (Å²) in [5.41, 5.74) is 0.323. The Bertz CT molecular complexity index is 942. The number of rotatable bonds is 5. The van der Waals surface area contributed by atoms with Crippen molar-refractivity contribution in [3.05, 3.63) is 58.4 Å². The summed E-state index contributed by atoms with van der Waals surface area (Å²) < 4.78 is 44.7. The molecule has 0 aliphatic carbocycles. The Kier molecular flexibility index (Phi) is 5.29. The van der Waals surface area contributed by atoms with Crippen molar-refractivity contribution in [2.24, 2.45) is 0 Å². The lowest BCUT2D eigenvalue weighted by Gasteiger charge is -2.35. The van der Waals surface area contributed by atoms with E-state index in [0.29, 0.717) is 24.5 Å². The second-order valence-corrected chi connectivity index (χ2v) is 7.89. The van der Waals surface area contributed by atoms with Crippen molar-refractivity contribution >= 4 is 21.4 Å². The largest absolute Gasteiger partial charge is 0.496 e. The molecule has 0 radical (unpaired) electrons. The summed E-state index contributed by atoms with van der Waals surface area (Å²) >= 11 is 0. The lowest BCUT2D eigenvalue weighted by molar-refractivity contribution is -0.384. The molecule has 1 fully saturated rings. The van der Waals surface area contributed by atoms with Crippen LogP contribution in [0.25, 0.3) is 0 Å². The third-order valence-electron chi connectivity index (χ3n) is 4.41. The van der Waals surface area contributed by atoms with Crippen molar-refractivity contribution in [3.63, 3.8) is 0 Å². The van der Waals surface area contributed by atoms with Crippen molar-refractivity contribution in [3.8, 4) is 5.75 Å². The maximum Gasteiger partial charge on any atom is 0.296 e. The number of hydrogen-bond acceptors (Lipinski definition) is 6. The Labute approximate surface area is 156 Å². The highest BCUT2D eigenvalue weighted by molar-refractivity contribution is 7.89. The second-order valence-electron chi connectivity index (χ2n) is 5.96. The predicted molar refractivity (Wildman–Crippen MR) is 97.0 cm³/mol. The average molecular weight is 395 g/mol. The van der Waals surface area contributed by atoms with Gasteiger partial charge in [-0.25, -0.2) is 12.8 Å². The summed E-state index contributed by atoms with van der Waals surface area (Å²) in [7, 11) is -2.31. The van der Waals surface area contributed by atoms with E-state index in [1.165, 1.54) is 29.6 Å². The van der Waals surface area contributed by atoms with Gasteiger partial charge in [0.2, 0.25) is 10.0 Å². The van der Waals surface area contributed by atoms with Crippen molar-refractivity contribution < 1.29 is 22.5 Å². The zero-order chi connectivity index (χ0) is 19.6. The number of hydrogen-bond donors (Lipinski definition) is 0. The van der Waals surface area contributed by atoms with E-state index in [1.54, 1.807) is 17.0 Å². The minimum absolute atomic E-state index is 0.0211. The maximum atomic E-state index is 13.0. The molecule has 0 N–H and O–H groups in total. The maximum absolute atomic E-state index is 13.0. The van der Waals surface area contributed by atoms with Gasteiger partial charge in [0.25, 0.3) is 5.69 Å². The van der Waals surface area contributed by atoms with E-state index in [2.05, 4.69) is 0 Å². The Morgan fingerprint density at radius 3 is 2.26 bits per heavy atom. The van der Waals surface area contributed by atoms with E-state index in [0.717, 1.165) is 12.1 Å². The van der Waals surface area contributed by atoms with Gasteiger partial charge in [0.1, 0.15) is 17.3 Å². The minimum Gasteiger partial charge on any atom is -0.496 e. The summed E-state index contributed by atoms with van der Waals surface area (Å²) in [5.74, 6) is -0.131. The van der Waals surface area contributed by atoms with Crippen LogP contribution in [-0.4, -0.2) is 50.9 Å². The first-order valence-corrected chi connectivity index (χ1v) is 9.60. The molecular weight excluding hydrogens is 377 g/mol. The topological polar surface area (TPSA) is 93.0 Å². The van der Waals surface area contributed by atoms with E-state index < -0.39 is 20.8 Å². The lowest BCUT2D eigenvalue weighted by Crippen LogP contribution is -2.48. The number of nitro benzene ring substituents is 1. The molecule has 0 bridgehead atoms. The number of nitro groups is 1. The zero-order valence-corrected chi connectivity index (χ0v) is 15.4. The third-order valence-corrected chi connectivity index (χ3v) is 6.32. The highest BCUT2D eigenvalue weighted by atomic mass is 32.2. The predicted octanol–water partition coefficient (Wildman–Crippen LogP) is 2.25. The first-order chi connectivity index (χ1) is 12.8. The molecule has 0 aromatic heterocycles. The van der Waals surface area contributed by atoms with Crippen LogP contribution in [0.2, 0.25) is 0 Å². The molecule has 0 unspecified atom stereocenters. The number of benzene rings is 2. The van der Waals surface area contributed by atoms with Crippen molar-refractivity contribution in [2.45, 2.75) is 4.90 Å². The molecular formula is C17H18FN3O5S. The number of halogens is 1. The number of nitrogens with zero attached hydrogens (tertiary/aromatic N) is 3. The van der Waals surface area contributed by atoms with Gasteiger partial charge in [-0.15, -0.1) is 0 Å². The van der Waals surface area contributed by atoms with Crippen LogP contribution in [0, 0.1) is 15.9 Å². The molecule has 8 nitrogen and oxygen atoms in total. The van der Waals surface area contributed by atoms with Gasteiger partial charge >= 0.3 is 0 Å². The van der Waals surface area contributed by atoms with Gasteiger partial charge in [-0.2, -0.15) is 4.31 Å². The first kappa shape index (κ1) is 19.1. The van der Waals surface area contributed by atoms with Gasteiger partial charge in [-0.1, -0.05) is 0 Å². The van der Waals surface area contributed by atoms with Gasteiger partial charge in [-0.05, 0) is 36.4 Å². The number of piperazine rings is 1. The molecule has 10 heteroatoms. The molecule has 2 aromatic rings. The van der Waals surface area contributed by atoms with Crippen LogP contribution in [0.3, 0.4) is 0 Å². The molecule has 2 aromatic carbocycles. The molecule has 1 aliphatic rings. The van der Waals surface area contributed by atoms with Crippen LogP contribution < -0.4 is 9.64 Å². The summed E-state index contributed by atoms with van der Waals surface area (Å²) in [6.45, 7) is 0.937. The van der Waals surface area contributed by atoms with E-state index in [1.807, 2.05) is 0 Å². The van der Waals surface area contributed by atoms with Crippen LogP contribution in [-0.2, 0) is 10.0 Å². The van der Waals surface area contributed by atoms with Crippen LogP contribution in [0.4, 0.5) is 15.8 Å². The second kappa shape index (κ2) is 7.49. The highest BCUT2D eigenvalue weighted by Crippen LogP contribution is 2.33. The van der Waals surface area contributed by atoms with Crippen molar-refractivity contribution in [1.29, 1.82) is 0 Å². The zero-order valence-electron chi connectivity index (χ0n) is 14.5. The van der Waals surface area contributed by atoms with Crippen LogP contribution in [0.15, 0.2) is 47.4 Å². The van der Waals surface area contributed by atoms with Gasteiger partial charge in [0, 0.05) is 26.2 Å². The van der Waals surface area contributed by atoms with E-state index in [4.69, 9.17) is 4.74 Å². The molecule has 0 saturated carbocycles. The summed E-state index contributed by atoms with van der Waals surface area (Å²) in [6.07, 6.45) is 0. The van der Waals surface area contributed by atoms with Crippen molar-refractivity contribution in [1.82, 2.24) is 4.31 Å². The smallest absolute Gasteiger partial charge is 0.296 e. The fourth-order valence-corrected chi connectivity index (χ4v) is 4.39. The number of ether oxygens (including phenoxy) is 1. The standard InChI is InChI=1S/C17H18FN3O5S/c1-26-14-4-7-16(17(12-14)21(22)23)19-8-10-20(11-9-19)27(24,25)15-5-2-13(18)3-6-15/h2-7,12H,8-11H2,1H3. The normalized spacial score (nSPS) is 15.6. The quantitative estimate of drug-likeness (QED) is 0.569. The minimum atomic E-state index is -3.74. The summed E-state index contributed by atoms with van der Waals surface area (Å²) in [5, 5.41) is 11.4. The number of methoxy groups -OCH3 is 1. The summed E-state index contributed by atoms with van der Waals surface area (Å²) in [4.78, 5) is 12.7. The number of sulfonamides is 1. The molecule has 0 amide bonds. The first-order valence-electron chi connectivity index (χ1n) is 8.16. The van der Waals surface area contributed by atoms with E-state index in [9.17, 15) is 22.9 Å². The van der Waals surface area contributed by atoms with E-state index >= 15 is 0 Å². The van der Waals surface area contributed by atoms with Gasteiger partial charge < -0.3 is 9.64 Å². The number of anilines is 1. The molecule has 27 heavy (non-hydrogen) atoms. The molecule has 1 heterocycles. The highest BCUT2D eigenvalue weighted by Gasteiger charge is 2.30. The molecule has 1 saturated heterocycles. The van der Waals surface area contributed by atoms with Crippen LogP contribution >= 0.6 is 0 Å². The van der Waals surface area contributed by atoms with E-state index in [-0.39, 0.29) is 23.7 Å². The van der Waals surface area contributed by atoms with Gasteiger partial charge in [0.05, 0.1) is 23.0 Å². The fourth-order valence-electron chi connectivity index (χ4n) is 2.97. The Balaban J connectivity index is 1.78. The SMILES string of the molecule is COc1ccc(N2CCN(S(=O)(=O)c3ccc(F)cc3)CC2)c([N+](=O)[O-])c1. The molecule has 0 spiro atoms. The Morgan fingerprint density at radius 1 is 1.07 bits per heavy atom. The van der Waals surface area contributed by atoms with Gasteiger partial charge in [0.15, 0.2) is 0 Å². The fraction of sp³-hybridized carbons (Fsp3) is 0.294. The molecule has 0 atom stereocenters.